The van der Waals surface area contributed by atoms with Crippen LogP contribution in [-0.2, 0) is 0 Å². The van der Waals surface area contributed by atoms with Gasteiger partial charge in [0.25, 0.3) is 11.8 Å². The number of carbonyl (C=O) groups excluding carboxylic acids is 2. The van der Waals surface area contributed by atoms with Crippen LogP contribution in [0.1, 0.15) is 27.6 Å². The molecule has 0 atom stereocenters. The van der Waals surface area contributed by atoms with Crippen molar-refractivity contribution in [3.63, 3.8) is 0 Å². The monoisotopic (exact) mass is 395 g/mol. The smallest absolute Gasteiger partial charge is 0.255 e. The van der Waals surface area contributed by atoms with E-state index in [1.54, 1.807) is 42.5 Å². The molecule has 7 nitrogen and oxygen atoms in total. The summed E-state index contributed by atoms with van der Waals surface area (Å²) in [5, 5.41) is 2.86. The number of carbonyl (C=O) groups is 2. The molecule has 2 heterocycles. The normalized spacial score (nSPS) is 16.4. The third-order valence-electron chi connectivity index (χ3n) is 5.30. The molecule has 0 saturated carbocycles. The minimum Gasteiger partial charge on any atom is -0.486 e. The molecule has 29 heavy (non-hydrogen) atoms. The van der Waals surface area contributed by atoms with E-state index in [0.717, 1.165) is 32.7 Å². The van der Waals surface area contributed by atoms with E-state index in [2.05, 4.69) is 17.1 Å². The van der Waals surface area contributed by atoms with Gasteiger partial charge in [-0.3, -0.25) is 9.59 Å². The lowest BCUT2D eigenvalue weighted by molar-refractivity contribution is 0.0643. The molecular weight excluding hydrogens is 370 g/mol. The number of fused-ring (bicyclic) bond motifs is 1. The van der Waals surface area contributed by atoms with Crippen molar-refractivity contribution in [3.8, 4) is 11.5 Å². The van der Waals surface area contributed by atoms with Gasteiger partial charge in [-0.1, -0.05) is 6.92 Å². The second-order valence-electron chi connectivity index (χ2n) is 7.12. The first-order valence-corrected chi connectivity index (χ1v) is 9.97. The molecular formula is C22H25N3O4. The van der Waals surface area contributed by atoms with Gasteiger partial charge in [-0.05, 0) is 42.9 Å². The molecule has 1 fully saturated rings. The third-order valence-corrected chi connectivity index (χ3v) is 5.30. The van der Waals surface area contributed by atoms with Crippen molar-refractivity contribution >= 4 is 17.5 Å². The molecule has 0 bridgehead atoms. The number of hydrogen-bond donors (Lipinski definition) is 1. The van der Waals surface area contributed by atoms with E-state index in [9.17, 15) is 9.59 Å². The molecule has 7 heteroatoms. The van der Waals surface area contributed by atoms with E-state index >= 15 is 0 Å². The molecule has 0 spiro atoms. The predicted octanol–water partition coefficient (Wildman–Crippen LogP) is 2.49. The Morgan fingerprint density at radius 2 is 1.55 bits per heavy atom. The summed E-state index contributed by atoms with van der Waals surface area (Å²) in [6.45, 7) is 7.43. The van der Waals surface area contributed by atoms with Gasteiger partial charge in [0.15, 0.2) is 11.5 Å². The van der Waals surface area contributed by atoms with Crippen LogP contribution in [0, 0.1) is 0 Å². The summed E-state index contributed by atoms with van der Waals surface area (Å²) in [6.07, 6.45) is 0. The van der Waals surface area contributed by atoms with Crippen molar-refractivity contribution in [1.82, 2.24) is 9.80 Å². The van der Waals surface area contributed by atoms with E-state index in [0.29, 0.717) is 41.5 Å². The molecule has 0 unspecified atom stereocenters. The number of hydrogen-bond acceptors (Lipinski definition) is 5. The van der Waals surface area contributed by atoms with Crippen LogP contribution < -0.4 is 14.8 Å². The molecule has 2 aromatic rings. The molecule has 2 aromatic carbocycles. The van der Waals surface area contributed by atoms with Crippen LogP contribution in [0.25, 0.3) is 0 Å². The second-order valence-corrected chi connectivity index (χ2v) is 7.12. The maximum atomic E-state index is 12.7. The maximum absolute atomic E-state index is 12.7. The van der Waals surface area contributed by atoms with E-state index in [4.69, 9.17) is 9.47 Å². The molecule has 4 rings (SSSR count). The van der Waals surface area contributed by atoms with Crippen LogP contribution >= 0.6 is 0 Å². The van der Waals surface area contributed by atoms with Gasteiger partial charge in [0.05, 0.1) is 0 Å². The SMILES string of the molecule is CCN1CCN(C(=O)c2ccc(C(=O)Nc3ccc4c(c3)OCCO4)cc2)CC1. The van der Waals surface area contributed by atoms with Crippen molar-refractivity contribution in [2.75, 3.05) is 51.3 Å². The Balaban J connectivity index is 1.38. The first kappa shape index (κ1) is 19.3. The first-order chi connectivity index (χ1) is 14.1. The van der Waals surface area contributed by atoms with Gasteiger partial charge < -0.3 is 24.6 Å². The van der Waals surface area contributed by atoms with E-state index < -0.39 is 0 Å². The Morgan fingerprint density at radius 1 is 0.897 bits per heavy atom. The Bertz CT molecular complexity index is 889. The first-order valence-electron chi connectivity index (χ1n) is 9.97. The van der Waals surface area contributed by atoms with Gasteiger partial charge in [0.1, 0.15) is 13.2 Å². The maximum Gasteiger partial charge on any atom is 0.255 e. The lowest BCUT2D eigenvalue weighted by atomic mass is 10.1. The molecule has 0 aliphatic carbocycles. The summed E-state index contributed by atoms with van der Waals surface area (Å²) in [4.78, 5) is 29.4. The Morgan fingerprint density at radius 3 is 2.24 bits per heavy atom. The zero-order chi connectivity index (χ0) is 20.2. The number of likely N-dealkylation sites (N-methyl/N-ethyl adjacent to an activating group) is 1. The summed E-state index contributed by atoms with van der Waals surface area (Å²) in [6, 6.07) is 12.1. The quantitative estimate of drug-likeness (QED) is 0.861. The second kappa shape index (κ2) is 8.53. The lowest BCUT2D eigenvalue weighted by Gasteiger charge is -2.34. The molecule has 2 amide bonds. The van der Waals surface area contributed by atoms with Crippen molar-refractivity contribution in [3.05, 3.63) is 53.6 Å². The van der Waals surface area contributed by atoms with Crippen molar-refractivity contribution < 1.29 is 19.1 Å². The van der Waals surface area contributed by atoms with E-state index in [1.165, 1.54) is 0 Å². The van der Waals surface area contributed by atoms with Crippen molar-refractivity contribution in [2.45, 2.75) is 6.92 Å². The van der Waals surface area contributed by atoms with Gasteiger partial charge in [-0.25, -0.2) is 0 Å². The summed E-state index contributed by atoms with van der Waals surface area (Å²) >= 11 is 0. The van der Waals surface area contributed by atoms with Crippen LogP contribution in [0.15, 0.2) is 42.5 Å². The van der Waals surface area contributed by atoms with Crippen LogP contribution in [0.3, 0.4) is 0 Å². The fourth-order valence-electron chi connectivity index (χ4n) is 3.54. The molecule has 0 radical (unpaired) electrons. The standard InChI is InChI=1S/C22H25N3O4/c1-2-24-9-11-25(12-10-24)22(27)17-5-3-16(4-6-17)21(26)23-18-7-8-19-20(15-18)29-14-13-28-19/h3-8,15H,2,9-14H2,1H3,(H,23,26). The van der Waals surface area contributed by atoms with Crippen LogP contribution in [0.5, 0.6) is 11.5 Å². The van der Waals surface area contributed by atoms with Crippen LogP contribution in [0.4, 0.5) is 5.69 Å². The largest absolute Gasteiger partial charge is 0.486 e. The number of benzene rings is 2. The van der Waals surface area contributed by atoms with Crippen molar-refractivity contribution in [1.29, 1.82) is 0 Å². The van der Waals surface area contributed by atoms with Gasteiger partial charge >= 0.3 is 0 Å². The molecule has 152 valence electrons. The van der Waals surface area contributed by atoms with Gasteiger partial charge in [-0.15, -0.1) is 0 Å². The Labute approximate surface area is 170 Å². The topological polar surface area (TPSA) is 71.1 Å². The minimum atomic E-state index is -0.239. The summed E-state index contributed by atoms with van der Waals surface area (Å²) in [7, 11) is 0. The number of ether oxygens (including phenoxy) is 2. The number of piperazine rings is 1. The minimum absolute atomic E-state index is 0.0135. The fraction of sp³-hybridized carbons (Fsp3) is 0.364. The zero-order valence-corrected chi connectivity index (χ0v) is 16.5. The zero-order valence-electron chi connectivity index (χ0n) is 16.5. The number of nitrogens with one attached hydrogen (secondary N) is 1. The fourth-order valence-corrected chi connectivity index (χ4v) is 3.54. The highest BCUT2D eigenvalue weighted by Crippen LogP contribution is 2.32. The third kappa shape index (κ3) is 4.35. The van der Waals surface area contributed by atoms with Gasteiger partial charge in [0.2, 0.25) is 0 Å². The summed E-state index contributed by atoms with van der Waals surface area (Å²) < 4.78 is 11.0. The van der Waals surface area contributed by atoms with E-state index in [-0.39, 0.29) is 11.8 Å². The predicted molar refractivity (Wildman–Crippen MR) is 110 cm³/mol. The number of anilines is 1. The van der Waals surface area contributed by atoms with Crippen molar-refractivity contribution in [2.24, 2.45) is 0 Å². The molecule has 2 aliphatic heterocycles. The average Bonchev–Trinajstić information content (AvgIpc) is 2.78. The number of rotatable bonds is 4. The van der Waals surface area contributed by atoms with Crippen LogP contribution in [0.2, 0.25) is 0 Å². The van der Waals surface area contributed by atoms with Crippen LogP contribution in [-0.4, -0.2) is 67.6 Å². The Hall–Kier alpha value is -3.06. The highest BCUT2D eigenvalue weighted by atomic mass is 16.6. The molecule has 1 N–H and O–H groups in total. The van der Waals surface area contributed by atoms with Gasteiger partial charge in [0, 0.05) is 49.1 Å². The number of nitrogens with zero attached hydrogens (tertiary/aromatic N) is 2. The highest BCUT2D eigenvalue weighted by molar-refractivity contribution is 6.05. The van der Waals surface area contributed by atoms with E-state index in [1.807, 2.05) is 4.90 Å². The molecule has 2 aliphatic rings. The summed E-state index contributed by atoms with van der Waals surface area (Å²) in [5.41, 5.74) is 1.73. The van der Waals surface area contributed by atoms with Gasteiger partial charge in [-0.2, -0.15) is 0 Å². The molecule has 1 saturated heterocycles. The highest BCUT2D eigenvalue weighted by Gasteiger charge is 2.21. The lowest BCUT2D eigenvalue weighted by Crippen LogP contribution is -2.48. The molecule has 0 aromatic heterocycles. The Kier molecular flexibility index (Phi) is 5.67. The summed E-state index contributed by atoms with van der Waals surface area (Å²) in [5.74, 6) is 1.08. The number of amides is 2. The average molecular weight is 395 g/mol.